The van der Waals surface area contributed by atoms with E-state index in [0.29, 0.717) is 24.5 Å². The molecule has 1 aromatic carbocycles. The van der Waals surface area contributed by atoms with Crippen molar-refractivity contribution in [1.29, 1.82) is 0 Å². The topological polar surface area (TPSA) is 107 Å². The molecule has 9 heteroatoms. The molecule has 1 aromatic heterocycles. The number of hydrogen-bond acceptors (Lipinski definition) is 5. The van der Waals surface area contributed by atoms with Crippen LogP contribution in [0.2, 0.25) is 0 Å². The van der Waals surface area contributed by atoms with Crippen LogP contribution in [-0.2, 0) is 0 Å². The molecule has 0 saturated carbocycles. The van der Waals surface area contributed by atoms with Crippen molar-refractivity contribution in [3.05, 3.63) is 52.3 Å². The van der Waals surface area contributed by atoms with Gasteiger partial charge in [0.15, 0.2) is 5.69 Å². The standard InChI is InChI=1S/C17H21N5O3.ClH/c1-17(2)11-20(8-7-15(17)18)16(23)14-6-9-21(19-14)12-4-3-5-13(10-12)22(24)25;/h3-6,9-10,15H,7-8,11,18H2,1-2H3;1H. The number of nitrogens with two attached hydrogens (primary N) is 1. The number of non-ortho nitro benzene ring substituents is 1. The van der Waals surface area contributed by atoms with Crippen LogP contribution in [0.3, 0.4) is 0 Å². The highest BCUT2D eigenvalue weighted by molar-refractivity contribution is 5.92. The van der Waals surface area contributed by atoms with Crippen LogP contribution in [0.25, 0.3) is 5.69 Å². The summed E-state index contributed by atoms with van der Waals surface area (Å²) in [7, 11) is 0. The summed E-state index contributed by atoms with van der Waals surface area (Å²) in [4.78, 5) is 24.9. The third-order valence-electron chi connectivity index (χ3n) is 4.71. The highest BCUT2D eigenvalue weighted by Gasteiger charge is 2.36. The number of piperidine rings is 1. The van der Waals surface area contributed by atoms with Crippen molar-refractivity contribution in [2.75, 3.05) is 13.1 Å². The van der Waals surface area contributed by atoms with E-state index >= 15 is 0 Å². The zero-order valence-corrected chi connectivity index (χ0v) is 15.5. The van der Waals surface area contributed by atoms with Crippen molar-refractivity contribution in [1.82, 2.24) is 14.7 Å². The fraction of sp³-hybridized carbons (Fsp3) is 0.412. The Morgan fingerprint density at radius 3 is 2.77 bits per heavy atom. The van der Waals surface area contributed by atoms with Gasteiger partial charge in [-0.1, -0.05) is 19.9 Å². The molecule has 0 aliphatic carbocycles. The third kappa shape index (κ3) is 3.86. The number of aromatic nitrogens is 2. The number of amides is 1. The maximum Gasteiger partial charge on any atom is 0.274 e. The number of nitro groups is 1. The fourth-order valence-electron chi connectivity index (χ4n) is 3.04. The number of carbonyl (C=O) groups is 1. The van der Waals surface area contributed by atoms with Gasteiger partial charge in [-0.25, -0.2) is 4.68 Å². The van der Waals surface area contributed by atoms with Crippen LogP contribution < -0.4 is 5.73 Å². The number of benzene rings is 1. The molecule has 1 saturated heterocycles. The molecule has 1 aliphatic heterocycles. The average molecular weight is 380 g/mol. The Kier molecular flexibility index (Phi) is 5.68. The second-order valence-corrected chi connectivity index (χ2v) is 7.03. The van der Waals surface area contributed by atoms with E-state index in [1.54, 1.807) is 29.3 Å². The molecule has 26 heavy (non-hydrogen) atoms. The predicted octanol–water partition coefficient (Wildman–Crippen LogP) is 2.40. The number of hydrogen-bond donors (Lipinski definition) is 1. The van der Waals surface area contributed by atoms with Gasteiger partial charge in [-0.3, -0.25) is 14.9 Å². The lowest BCUT2D eigenvalue weighted by Crippen LogP contribution is -2.54. The number of rotatable bonds is 3. The third-order valence-corrected chi connectivity index (χ3v) is 4.71. The van der Waals surface area contributed by atoms with Crippen molar-refractivity contribution in [2.24, 2.45) is 11.1 Å². The summed E-state index contributed by atoms with van der Waals surface area (Å²) in [5.74, 6) is -0.149. The van der Waals surface area contributed by atoms with Crippen LogP contribution in [-0.4, -0.2) is 44.6 Å². The van der Waals surface area contributed by atoms with E-state index in [4.69, 9.17) is 5.73 Å². The minimum Gasteiger partial charge on any atom is -0.337 e. The number of nitrogens with zero attached hydrogens (tertiary/aromatic N) is 4. The first-order valence-electron chi connectivity index (χ1n) is 8.13. The van der Waals surface area contributed by atoms with Crippen molar-refractivity contribution >= 4 is 24.0 Å². The van der Waals surface area contributed by atoms with Gasteiger partial charge in [0, 0.05) is 37.5 Å². The normalized spacial score (nSPS) is 18.9. The van der Waals surface area contributed by atoms with Gasteiger partial charge < -0.3 is 10.6 Å². The molecule has 8 nitrogen and oxygen atoms in total. The first-order chi connectivity index (χ1) is 11.8. The lowest BCUT2D eigenvalue weighted by Gasteiger charge is -2.42. The van der Waals surface area contributed by atoms with Gasteiger partial charge in [0.2, 0.25) is 0 Å². The second kappa shape index (κ2) is 7.43. The summed E-state index contributed by atoms with van der Waals surface area (Å²) in [5.41, 5.74) is 6.81. The minimum absolute atomic E-state index is 0. The van der Waals surface area contributed by atoms with E-state index in [9.17, 15) is 14.9 Å². The Labute approximate surface area is 157 Å². The number of carbonyl (C=O) groups excluding carboxylic acids is 1. The van der Waals surface area contributed by atoms with Crippen molar-refractivity contribution < 1.29 is 9.72 Å². The van der Waals surface area contributed by atoms with Gasteiger partial charge in [-0.05, 0) is 24.0 Å². The van der Waals surface area contributed by atoms with Crippen LogP contribution in [0.15, 0.2) is 36.5 Å². The molecule has 3 rings (SSSR count). The summed E-state index contributed by atoms with van der Waals surface area (Å²) < 4.78 is 1.47. The van der Waals surface area contributed by atoms with Gasteiger partial charge in [-0.15, -0.1) is 12.4 Å². The zero-order valence-electron chi connectivity index (χ0n) is 14.7. The molecule has 1 amide bonds. The lowest BCUT2D eigenvalue weighted by atomic mass is 9.79. The van der Waals surface area contributed by atoms with E-state index in [2.05, 4.69) is 18.9 Å². The summed E-state index contributed by atoms with van der Waals surface area (Å²) in [6.45, 7) is 5.29. The van der Waals surface area contributed by atoms with E-state index in [1.165, 1.54) is 16.8 Å². The van der Waals surface area contributed by atoms with Crippen molar-refractivity contribution in [3.63, 3.8) is 0 Å². The molecule has 0 radical (unpaired) electrons. The van der Waals surface area contributed by atoms with Gasteiger partial charge in [-0.2, -0.15) is 5.10 Å². The monoisotopic (exact) mass is 379 g/mol. The molecule has 2 aromatic rings. The minimum atomic E-state index is -0.460. The molecule has 1 aliphatic rings. The Morgan fingerprint density at radius 2 is 2.12 bits per heavy atom. The Bertz CT molecular complexity index is 820. The van der Waals surface area contributed by atoms with Crippen LogP contribution in [0.1, 0.15) is 30.8 Å². The van der Waals surface area contributed by atoms with Crippen LogP contribution in [0.4, 0.5) is 5.69 Å². The first-order valence-corrected chi connectivity index (χ1v) is 8.13. The molecule has 0 bridgehead atoms. The maximum absolute atomic E-state index is 12.7. The van der Waals surface area contributed by atoms with Gasteiger partial charge in [0.1, 0.15) is 0 Å². The smallest absolute Gasteiger partial charge is 0.274 e. The van der Waals surface area contributed by atoms with E-state index < -0.39 is 4.92 Å². The summed E-state index contributed by atoms with van der Waals surface area (Å²) in [6, 6.07) is 7.83. The molecule has 2 heterocycles. The molecule has 1 atom stereocenters. The Morgan fingerprint density at radius 1 is 1.38 bits per heavy atom. The summed E-state index contributed by atoms with van der Waals surface area (Å²) in [6.07, 6.45) is 2.39. The van der Waals surface area contributed by atoms with Gasteiger partial charge >= 0.3 is 0 Å². The number of likely N-dealkylation sites (tertiary alicyclic amines) is 1. The lowest BCUT2D eigenvalue weighted by molar-refractivity contribution is -0.384. The predicted molar refractivity (Wildman–Crippen MR) is 99.7 cm³/mol. The summed E-state index contributed by atoms with van der Waals surface area (Å²) >= 11 is 0. The number of nitro benzene ring substituents is 1. The highest BCUT2D eigenvalue weighted by atomic mass is 35.5. The molecular weight excluding hydrogens is 358 g/mol. The first kappa shape index (κ1) is 19.9. The number of halogens is 1. The fourth-order valence-corrected chi connectivity index (χ4v) is 3.04. The quantitative estimate of drug-likeness (QED) is 0.650. The van der Waals surface area contributed by atoms with E-state index in [0.717, 1.165) is 6.42 Å². The SMILES string of the molecule is CC1(C)CN(C(=O)c2ccn(-c3cccc([N+](=O)[O-])c3)n2)CCC1N.Cl. The summed E-state index contributed by atoms with van der Waals surface area (Å²) in [5, 5.41) is 15.2. The van der Waals surface area contributed by atoms with E-state index in [1.807, 2.05) is 0 Å². The zero-order chi connectivity index (χ0) is 18.2. The van der Waals surface area contributed by atoms with Gasteiger partial charge in [0.05, 0.1) is 10.6 Å². The van der Waals surface area contributed by atoms with Crippen LogP contribution >= 0.6 is 12.4 Å². The average Bonchev–Trinajstić information content (AvgIpc) is 3.06. The van der Waals surface area contributed by atoms with E-state index in [-0.39, 0.29) is 35.5 Å². The van der Waals surface area contributed by atoms with Crippen LogP contribution in [0.5, 0.6) is 0 Å². The molecule has 0 spiro atoms. The molecule has 2 N–H and O–H groups in total. The Balaban J connectivity index is 0.00000243. The maximum atomic E-state index is 12.7. The second-order valence-electron chi connectivity index (χ2n) is 7.03. The van der Waals surface area contributed by atoms with Crippen molar-refractivity contribution in [3.8, 4) is 5.69 Å². The van der Waals surface area contributed by atoms with Crippen molar-refractivity contribution in [2.45, 2.75) is 26.3 Å². The molecule has 140 valence electrons. The molecule has 1 unspecified atom stereocenters. The molecule has 1 fully saturated rings. The van der Waals surface area contributed by atoms with Crippen LogP contribution in [0, 0.1) is 15.5 Å². The Hall–Kier alpha value is -2.45. The molecular formula is C17H22ClN5O3. The highest BCUT2D eigenvalue weighted by Crippen LogP contribution is 2.28. The van der Waals surface area contributed by atoms with Gasteiger partial charge in [0.25, 0.3) is 11.6 Å². The largest absolute Gasteiger partial charge is 0.337 e.